The van der Waals surface area contributed by atoms with Crippen molar-refractivity contribution >= 4 is 11.6 Å². The number of anilines is 2. The van der Waals surface area contributed by atoms with Crippen molar-refractivity contribution in [2.75, 3.05) is 11.9 Å². The molecular weight excluding hydrogens is 200 g/mol. The van der Waals surface area contributed by atoms with Gasteiger partial charge in [-0.2, -0.15) is 5.26 Å². The van der Waals surface area contributed by atoms with Crippen LogP contribution in [0.25, 0.3) is 0 Å². The zero-order chi connectivity index (χ0) is 11.4. The van der Waals surface area contributed by atoms with Crippen LogP contribution in [0, 0.1) is 11.3 Å². The average molecular weight is 210 g/mol. The Morgan fingerprint density at radius 3 is 2.62 bits per heavy atom. The molecule has 1 heterocycles. The highest BCUT2D eigenvalue weighted by atomic mass is 15.2. The van der Waals surface area contributed by atoms with Crippen molar-refractivity contribution in [3.05, 3.63) is 48.3 Å². The summed E-state index contributed by atoms with van der Waals surface area (Å²) < 4.78 is 0. The first-order valence-electron chi connectivity index (χ1n) is 4.82. The minimum atomic E-state index is 0.609. The molecule has 78 valence electrons. The summed E-state index contributed by atoms with van der Waals surface area (Å²) in [6, 6.07) is 11.2. The van der Waals surface area contributed by atoms with Gasteiger partial charge in [0.25, 0.3) is 0 Å². The van der Waals surface area contributed by atoms with Crippen LogP contribution in [0.3, 0.4) is 0 Å². The number of rotatable bonds is 2. The van der Waals surface area contributed by atoms with Crippen molar-refractivity contribution in [1.82, 2.24) is 9.97 Å². The molecule has 0 amide bonds. The van der Waals surface area contributed by atoms with Crippen molar-refractivity contribution < 1.29 is 0 Å². The van der Waals surface area contributed by atoms with Gasteiger partial charge in [0.05, 0.1) is 11.6 Å². The Balaban J connectivity index is 2.35. The maximum atomic E-state index is 8.81. The lowest BCUT2D eigenvalue weighted by molar-refractivity contribution is 1.04. The zero-order valence-corrected chi connectivity index (χ0v) is 8.83. The van der Waals surface area contributed by atoms with Crippen LogP contribution >= 0.6 is 0 Å². The molecule has 4 heteroatoms. The summed E-state index contributed by atoms with van der Waals surface area (Å²) in [5, 5.41) is 8.81. The van der Waals surface area contributed by atoms with Crippen molar-refractivity contribution in [1.29, 1.82) is 5.26 Å². The maximum Gasteiger partial charge on any atom is 0.229 e. The van der Waals surface area contributed by atoms with E-state index < -0.39 is 0 Å². The molecule has 0 aliphatic carbocycles. The van der Waals surface area contributed by atoms with Gasteiger partial charge < -0.3 is 4.90 Å². The first kappa shape index (κ1) is 10.1. The van der Waals surface area contributed by atoms with Crippen LogP contribution in [-0.4, -0.2) is 17.0 Å². The van der Waals surface area contributed by atoms with Gasteiger partial charge in [0, 0.05) is 25.1 Å². The highest BCUT2D eigenvalue weighted by Gasteiger charge is 2.05. The molecule has 0 radical (unpaired) electrons. The standard InChI is InChI=1S/C12H10N4/c1-16(12-14-6-3-7-15-12)11-5-2-4-10(8-11)9-13/h2-8H,1H3. The fourth-order valence-electron chi connectivity index (χ4n) is 1.36. The van der Waals surface area contributed by atoms with E-state index in [4.69, 9.17) is 5.26 Å². The first-order chi connectivity index (χ1) is 7.81. The average Bonchev–Trinajstić information content (AvgIpc) is 2.39. The molecule has 2 aromatic rings. The minimum Gasteiger partial charge on any atom is -0.314 e. The van der Waals surface area contributed by atoms with E-state index in [2.05, 4.69) is 16.0 Å². The second kappa shape index (κ2) is 4.41. The van der Waals surface area contributed by atoms with E-state index in [1.54, 1.807) is 30.6 Å². The summed E-state index contributed by atoms with van der Waals surface area (Å²) in [6.45, 7) is 0. The first-order valence-corrected chi connectivity index (χ1v) is 4.82. The topological polar surface area (TPSA) is 52.8 Å². The molecule has 0 bridgehead atoms. The molecule has 0 saturated heterocycles. The molecule has 4 nitrogen and oxygen atoms in total. The lowest BCUT2D eigenvalue weighted by Crippen LogP contribution is -2.12. The number of benzene rings is 1. The third kappa shape index (κ3) is 1.98. The lowest BCUT2D eigenvalue weighted by atomic mass is 10.2. The van der Waals surface area contributed by atoms with Crippen LogP contribution in [-0.2, 0) is 0 Å². The number of hydrogen-bond donors (Lipinski definition) is 0. The summed E-state index contributed by atoms with van der Waals surface area (Å²) in [5.41, 5.74) is 1.52. The highest BCUT2D eigenvalue weighted by Crippen LogP contribution is 2.19. The van der Waals surface area contributed by atoms with Gasteiger partial charge in [0.2, 0.25) is 5.95 Å². The van der Waals surface area contributed by atoms with E-state index in [0.717, 1.165) is 5.69 Å². The monoisotopic (exact) mass is 210 g/mol. The fourth-order valence-corrected chi connectivity index (χ4v) is 1.36. The smallest absolute Gasteiger partial charge is 0.229 e. The molecular formula is C12H10N4. The Bertz CT molecular complexity index is 516. The lowest BCUT2D eigenvalue weighted by Gasteiger charge is -2.16. The second-order valence-electron chi connectivity index (χ2n) is 3.27. The molecule has 0 atom stereocenters. The molecule has 0 fully saturated rings. The Labute approximate surface area is 93.8 Å². The van der Waals surface area contributed by atoms with E-state index in [-0.39, 0.29) is 0 Å². The summed E-state index contributed by atoms with van der Waals surface area (Å²) >= 11 is 0. The molecule has 1 aromatic heterocycles. The Morgan fingerprint density at radius 1 is 1.19 bits per heavy atom. The van der Waals surface area contributed by atoms with Gasteiger partial charge >= 0.3 is 0 Å². The van der Waals surface area contributed by atoms with Crippen molar-refractivity contribution in [2.45, 2.75) is 0 Å². The van der Waals surface area contributed by atoms with Crippen LogP contribution in [0.2, 0.25) is 0 Å². The van der Waals surface area contributed by atoms with Gasteiger partial charge in [-0.3, -0.25) is 0 Å². The van der Waals surface area contributed by atoms with E-state index in [1.807, 2.05) is 24.1 Å². The largest absolute Gasteiger partial charge is 0.314 e. The van der Waals surface area contributed by atoms with Gasteiger partial charge in [-0.15, -0.1) is 0 Å². The third-order valence-electron chi connectivity index (χ3n) is 2.21. The Hall–Kier alpha value is -2.41. The molecule has 0 spiro atoms. The van der Waals surface area contributed by atoms with E-state index in [1.165, 1.54) is 0 Å². The predicted octanol–water partition coefficient (Wildman–Crippen LogP) is 2.12. The Kier molecular flexibility index (Phi) is 2.79. The summed E-state index contributed by atoms with van der Waals surface area (Å²) in [6.07, 6.45) is 3.37. The second-order valence-corrected chi connectivity index (χ2v) is 3.27. The molecule has 0 aliphatic heterocycles. The van der Waals surface area contributed by atoms with E-state index in [9.17, 15) is 0 Å². The molecule has 0 N–H and O–H groups in total. The van der Waals surface area contributed by atoms with E-state index >= 15 is 0 Å². The zero-order valence-electron chi connectivity index (χ0n) is 8.83. The molecule has 0 unspecified atom stereocenters. The predicted molar refractivity (Wildman–Crippen MR) is 61.3 cm³/mol. The molecule has 0 aliphatic rings. The maximum absolute atomic E-state index is 8.81. The van der Waals surface area contributed by atoms with Crippen molar-refractivity contribution in [3.8, 4) is 6.07 Å². The number of hydrogen-bond acceptors (Lipinski definition) is 4. The fraction of sp³-hybridized carbons (Fsp3) is 0.0833. The van der Waals surface area contributed by atoms with Crippen LogP contribution in [0.4, 0.5) is 11.6 Å². The van der Waals surface area contributed by atoms with Crippen LogP contribution in [0.1, 0.15) is 5.56 Å². The molecule has 0 saturated carbocycles. The quantitative estimate of drug-likeness (QED) is 0.761. The number of nitrogens with zero attached hydrogens (tertiary/aromatic N) is 4. The summed E-state index contributed by atoms with van der Waals surface area (Å²) in [4.78, 5) is 10.1. The Morgan fingerprint density at radius 2 is 1.94 bits per heavy atom. The van der Waals surface area contributed by atoms with Crippen molar-refractivity contribution in [3.63, 3.8) is 0 Å². The third-order valence-corrected chi connectivity index (χ3v) is 2.21. The van der Waals surface area contributed by atoms with Crippen LogP contribution in [0.15, 0.2) is 42.7 Å². The van der Waals surface area contributed by atoms with Crippen LogP contribution in [0.5, 0.6) is 0 Å². The highest BCUT2D eigenvalue weighted by molar-refractivity contribution is 5.58. The van der Waals surface area contributed by atoms with Crippen LogP contribution < -0.4 is 4.90 Å². The van der Waals surface area contributed by atoms with Crippen molar-refractivity contribution in [2.24, 2.45) is 0 Å². The van der Waals surface area contributed by atoms with Gasteiger partial charge in [-0.25, -0.2) is 9.97 Å². The van der Waals surface area contributed by atoms with E-state index in [0.29, 0.717) is 11.5 Å². The molecule has 1 aromatic carbocycles. The molecule has 2 rings (SSSR count). The number of nitriles is 1. The van der Waals surface area contributed by atoms with Gasteiger partial charge in [-0.1, -0.05) is 6.07 Å². The normalized spacial score (nSPS) is 9.50. The van der Waals surface area contributed by atoms with Gasteiger partial charge in [0.15, 0.2) is 0 Å². The SMILES string of the molecule is CN(c1cccc(C#N)c1)c1ncccn1. The molecule has 16 heavy (non-hydrogen) atoms. The minimum absolute atomic E-state index is 0.609. The number of aromatic nitrogens is 2. The summed E-state index contributed by atoms with van der Waals surface area (Å²) in [7, 11) is 1.87. The van der Waals surface area contributed by atoms with Gasteiger partial charge in [0.1, 0.15) is 0 Å². The summed E-state index contributed by atoms with van der Waals surface area (Å²) in [5.74, 6) is 0.609. The van der Waals surface area contributed by atoms with Gasteiger partial charge in [-0.05, 0) is 24.3 Å².